The largest absolute Gasteiger partial charge is 0.477 e. The summed E-state index contributed by atoms with van der Waals surface area (Å²) in [4.78, 5) is 50.7. The molecule has 1 fully saturated rings. The van der Waals surface area contributed by atoms with E-state index >= 15 is 0 Å². The van der Waals surface area contributed by atoms with Crippen LogP contribution in [-0.2, 0) is 24.1 Å². The van der Waals surface area contributed by atoms with Crippen molar-refractivity contribution < 1.29 is 24.3 Å². The van der Waals surface area contributed by atoms with Crippen LogP contribution in [0.4, 0.5) is 5.13 Å². The van der Waals surface area contributed by atoms with Crippen molar-refractivity contribution in [2.75, 3.05) is 30.9 Å². The summed E-state index contributed by atoms with van der Waals surface area (Å²) in [6.07, 6.45) is 1.10. The molecule has 2 atom stereocenters. The Labute approximate surface area is 199 Å². The van der Waals surface area contributed by atoms with Crippen LogP contribution in [0, 0.1) is 0 Å². The number of hydrogen-bond acceptors (Lipinski definition) is 12. The Balaban J connectivity index is 1.86. The number of carbonyl (C=O) groups excluding carboxylic acids is 2. The van der Waals surface area contributed by atoms with E-state index in [1.165, 1.54) is 46.9 Å². The molecular weight excluding hydrogens is 496 g/mol. The third kappa shape index (κ3) is 4.21. The standard InChI is InChI=1S/C17H18N6O5S4/c1-28-20-5-10(24)22-17(9-7-30-15(18)21-9)8(6-31-16-19-2-3-29-16)13(14(26)27)23-11(25)4-12(23)32-17/h5,7,12H,2-4,6H2,1H3,(H2,18,21)(H,22,24)(H,26,27)/t12-,17?/m0/s1. The Hall–Kier alpha value is -2.23. The summed E-state index contributed by atoms with van der Waals surface area (Å²) in [5.74, 6) is -1.12. The van der Waals surface area contributed by atoms with Crippen LogP contribution >= 0.6 is 46.6 Å². The van der Waals surface area contributed by atoms with E-state index < -0.39 is 22.1 Å². The van der Waals surface area contributed by atoms with Crippen LogP contribution in [0.1, 0.15) is 12.1 Å². The van der Waals surface area contributed by atoms with Gasteiger partial charge in [0.05, 0.1) is 24.0 Å². The van der Waals surface area contributed by atoms with E-state index in [0.717, 1.165) is 16.3 Å². The number of oxime groups is 1. The van der Waals surface area contributed by atoms with Crippen molar-refractivity contribution >= 4 is 80.1 Å². The summed E-state index contributed by atoms with van der Waals surface area (Å²) >= 11 is 5.37. The number of amides is 2. The van der Waals surface area contributed by atoms with Gasteiger partial charge in [0.25, 0.3) is 5.91 Å². The highest BCUT2D eigenvalue weighted by molar-refractivity contribution is 8.39. The normalized spacial score (nSPS) is 24.9. The molecule has 3 aliphatic heterocycles. The van der Waals surface area contributed by atoms with E-state index in [9.17, 15) is 19.5 Å². The smallest absolute Gasteiger partial charge is 0.352 e. The van der Waals surface area contributed by atoms with Gasteiger partial charge in [-0.1, -0.05) is 40.4 Å². The molecule has 3 aliphatic rings. The molecule has 1 unspecified atom stereocenters. The first-order valence-corrected chi connectivity index (χ1v) is 13.0. The molecule has 0 bridgehead atoms. The summed E-state index contributed by atoms with van der Waals surface area (Å²) in [5.41, 5.74) is 6.44. The minimum atomic E-state index is -1.36. The van der Waals surface area contributed by atoms with Crippen LogP contribution in [0.25, 0.3) is 0 Å². The molecule has 11 nitrogen and oxygen atoms in total. The van der Waals surface area contributed by atoms with E-state index in [1.807, 2.05) is 0 Å². The number of aliphatic imine (C=N–C) groups is 1. The van der Waals surface area contributed by atoms with Crippen LogP contribution in [0.2, 0.25) is 0 Å². The molecular formula is C17H18N6O5S4. The lowest BCUT2D eigenvalue weighted by atomic mass is 9.98. The maximum Gasteiger partial charge on any atom is 0.352 e. The van der Waals surface area contributed by atoms with Crippen LogP contribution in [0.3, 0.4) is 0 Å². The molecule has 32 heavy (non-hydrogen) atoms. The monoisotopic (exact) mass is 514 g/mol. The van der Waals surface area contributed by atoms with Crippen molar-refractivity contribution in [2.45, 2.75) is 16.7 Å². The second kappa shape index (κ2) is 9.33. The average molecular weight is 515 g/mol. The van der Waals surface area contributed by atoms with Crippen molar-refractivity contribution in [3.63, 3.8) is 0 Å². The van der Waals surface area contributed by atoms with Crippen molar-refractivity contribution in [3.8, 4) is 0 Å². The quantitative estimate of drug-likeness (QED) is 0.273. The number of thioether (sulfide) groups is 3. The molecule has 0 aromatic carbocycles. The predicted octanol–water partition coefficient (Wildman–Crippen LogP) is 1.11. The number of thiazole rings is 1. The number of nitrogens with zero attached hydrogens (tertiary/aromatic N) is 4. The summed E-state index contributed by atoms with van der Waals surface area (Å²) in [6.45, 7) is 0.692. The Morgan fingerprint density at radius 3 is 2.97 bits per heavy atom. The van der Waals surface area contributed by atoms with E-state index in [1.54, 1.807) is 17.1 Å². The number of carbonyl (C=O) groups is 3. The van der Waals surface area contributed by atoms with Crippen molar-refractivity contribution in [1.29, 1.82) is 0 Å². The number of rotatable bonds is 7. The SMILES string of the molecule is CON=CC(=O)NC1(c2csc(N)n2)S[C@H]2CC(=O)N2C(C(=O)O)=C1CSC1=NCCS1. The number of β-lactam (4-membered cyclic amide) rings is 1. The van der Waals surface area contributed by atoms with Crippen molar-refractivity contribution in [3.05, 3.63) is 22.3 Å². The third-order valence-electron chi connectivity index (χ3n) is 4.73. The molecule has 4 heterocycles. The number of hydrogen-bond donors (Lipinski definition) is 3. The molecule has 1 aromatic rings. The fourth-order valence-corrected chi connectivity index (χ4v) is 7.96. The summed E-state index contributed by atoms with van der Waals surface area (Å²) < 4.78 is 0.822. The minimum Gasteiger partial charge on any atom is -0.477 e. The molecule has 0 aliphatic carbocycles. The first-order valence-electron chi connectivity index (χ1n) is 9.22. The summed E-state index contributed by atoms with van der Waals surface area (Å²) in [6, 6.07) is 0. The number of carboxylic acids is 1. The Kier molecular flexibility index (Phi) is 6.69. The van der Waals surface area contributed by atoms with Crippen molar-refractivity contribution in [2.24, 2.45) is 10.1 Å². The van der Waals surface area contributed by atoms with Gasteiger partial charge < -0.3 is 21.0 Å². The molecule has 4 N–H and O–H groups in total. The van der Waals surface area contributed by atoms with Gasteiger partial charge in [-0.15, -0.1) is 11.3 Å². The van der Waals surface area contributed by atoms with Gasteiger partial charge in [0, 0.05) is 22.5 Å². The Morgan fingerprint density at radius 2 is 2.38 bits per heavy atom. The van der Waals surface area contributed by atoms with Crippen LogP contribution in [-0.4, -0.2) is 73.9 Å². The number of nitrogens with one attached hydrogen (secondary N) is 1. The fraction of sp³-hybridized carbons (Fsp3) is 0.412. The van der Waals surface area contributed by atoms with E-state index in [4.69, 9.17) is 5.73 Å². The topological polar surface area (TPSA) is 160 Å². The predicted molar refractivity (Wildman–Crippen MR) is 127 cm³/mol. The highest BCUT2D eigenvalue weighted by Gasteiger charge is 2.56. The van der Waals surface area contributed by atoms with Crippen LogP contribution in [0.15, 0.2) is 26.8 Å². The lowest BCUT2D eigenvalue weighted by Crippen LogP contribution is -2.61. The van der Waals surface area contributed by atoms with Gasteiger partial charge in [-0.25, -0.2) is 9.78 Å². The van der Waals surface area contributed by atoms with Crippen molar-refractivity contribution in [1.82, 2.24) is 15.2 Å². The van der Waals surface area contributed by atoms with E-state index in [2.05, 4.69) is 25.3 Å². The second-order valence-electron chi connectivity index (χ2n) is 6.62. The number of carboxylic acid groups (broad SMARTS) is 1. The number of nitrogen functional groups attached to an aromatic ring is 1. The molecule has 0 radical (unpaired) electrons. The van der Waals surface area contributed by atoms with Gasteiger partial charge >= 0.3 is 5.97 Å². The number of nitrogens with two attached hydrogens (primary N) is 1. The molecule has 0 spiro atoms. The number of aromatic nitrogens is 1. The van der Waals surface area contributed by atoms with Crippen LogP contribution in [0.5, 0.6) is 0 Å². The maximum atomic E-state index is 12.7. The lowest BCUT2D eigenvalue weighted by molar-refractivity contribution is -0.146. The number of anilines is 1. The van der Waals surface area contributed by atoms with Gasteiger partial charge in [-0.2, -0.15) is 0 Å². The van der Waals surface area contributed by atoms with Gasteiger partial charge in [-0.3, -0.25) is 19.5 Å². The van der Waals surface area contributed by atoms with Gasteiger partial charge in [0.2, 0.25) is 5.91 Å². The van der Waals surface area contributed by atoms with E-state index in [-0.39, 0.29) is 28.9 Å². The zero-order valence-electron chi connectivity index (χ0n) is 16.6. The highest BCUT2D eigenvalue weighted by Crippen LogP contribution is 2.54. The fourth-order valence-electron chi connectivity index (χ4n) is 3.42. The van der Waals surface area contributed by atoms with Gasteiger partial charge in [-0.05, 0) is 0 Å². The Bertz CT molecular complexity index is 1060. The number of fused-ring (bicyclic) bond motifs is 1. The molecule has 0 saturated carbocycles. The average Bonchev–Trinajstić information content (AvgIpc) is 3.42. The molecule has 15 heteroatoms. The van der Waals surface area contributed by atoms with E-state index in [0.29, 0.717) is 17.8 Å². The highest BCUT2D eigenvalue weighted by atomic mass is 32.2. The zero-order chi connectivity index (χ0) is 22.9. The summed E-state index contributed by atoms with van der Waals surface area (Å²) in [7, 11) is 1.30. The zero-order valence-corrected chi connectivity index (χ0v) is 19.9. The first-order chi connectivity index (χ1) is 15.4. The Morgan fingerprint density at radius 1 is 1.56 bits per heavy atom. The third-order valence-corrected chi connectivity index (χ3v) is 9.24. The van der Waals surface area contributed by atoms with Gasteiger partial charge in [0.1, 0.15) is 23.4 Å². The lowest BCUT2D eigenvalue weighted by Gasteiger charge is -2.51. The second-order valence-corrected chi connectivity index (χ2v) is 11.2. The first kappa shape index (κ1) is 22.9. The molecule has 2 amide bonds. The molecule has 1 saturated heterocycles. The van der Waals surface area contributed by atoms with Gasteiger partial charge in [0.15, 0.2) is 10.0 Å². The maximum absolute atomic E-state index is 12.7. The molecule has 4 rings (SSSR count). The molecule has 1 aromatic heterocycles. The summed E-state index contributed by atoms with van der Waals surface area (Å²) in [5, 5.41) is 17.9. The number of aliphatic carboxylic acids is 1. The minimum absolute atomic E-state index is 0.147. The molecule has 170 valence electrons. The van der Waals surface area contributed by atoms with Crippen LogP contribution < -0.4 is 11.1 Å².